The standard InChI is InChI=1S/C33H52NO3/c1-5-7-8-9-10-11-15-23-30-24-16-17-25-32(30)36-26-18-19-27-37-33(35)31(20-6-2)34(3,4)28-29-21-13-12-14-22-29/h12-14,16-17,21-22,24-25,31H,5-11,15,18-20,23,26-28H2,1-4H3/q+1. The molecule has 1 unspecified atom stereocenters. The summed E-state index contributed by atoms with van der Waals surface area (Å²) in [4.78, 5) is 13.0. The molecule has 37 heavy (non-hydrogen) atoms. The highest BCUT2D eigenvalue weighted by Crippen LogP contribution is 2.22. The molecule has 2 aromatic carbocycles. The van der Waals surface area contributed by atoms with Crippen LogP contribution in [0.15, 0.2) is 54.6 Å². The molecule has 4 heteroatoms. The van der Waals surface area contributed by atoms with Crippen LogP contribution in [0, 0.1) is 0 Å². The Labute approximate surface area is 227 Å². The number of para-hydroxylation sites is 1. The van der Waals surface area contributed by atoms with Gasteiger partial charge in [0.15, 0.2) is 6.04 Å². The lowest BCUT2D eigenvalue weighted by Crippen LogP contribution is -2.52. The SMILES string of the molecule is CCCCCCCCCc1ccccc1OCCCCOC(=O)C(CCC)[N+](C)(C)Cc1ccccc1. The molecule has 0 saturated carbocycles. The molecule has 0 aromatic heterocycles. The molecule has 0 heterocycles. The average molecular weight is 511 g/mol. The van der Waals surface area contributed by atoms with Crippen LogP contribution < -0.4 is 4.74 Å². The van der Waals surface area contributed by atoms with Crippen molar-refractivity contribution < 1.29 is 18.8 Å². The van der Waals surface area contributed by atoms with E-state index in [1.54, 1.807) is 0 Å². The fourth-order valence-electron chi connectivity index (χ4n) is 4.97. The molecule has 4 nitrogen and oxygen atoms in total. The first kappa shape index (κ1) is 30.9. The van der Waals surface area contributed by atoms with Gasteiger partial charge in [-0.05, 0) is 43.7 Å². The Morgan fingerprint density at radius 1 is 0.757 bits per heavy atom. The molecule has 2 rings (SSSR count). The monoisotopic (exact) mass is 510 g/mol. The number of likely N-dealkylation sites (N-methyl/N-ethyl adjacent to an activating group) is 1. The zero-order valence-corrected chi connectivity index (χ0v) is 24.1. The van der Waals surface area contributed by atoms with Crippen molar-refractivity contribution in [1.29, 1.82) is 0 Å². The molecule has 0 aliphatic carbocycles. The van der Waals surface area contributed by atoms with Crippen LogP contribution in [-0.2, 0) is 22.5 Å². The van der Waals surface area contributed by atoms with Crippen molar-refractivity contribution in [3.8, 4) is 5.75 Å². The number of aryl methyl sites for hydroxylation is 1. The number of hydrogen-bond acceptors (Lipinski definition) is 3. The largest absolute Gasteiger partial charge is 0.493 e. The van der Waals surface area contributed by atoms with Gasteiger partial charge in [0.25, 0.3) is 0 Å². The Morgan fingerprint density at radius 2 is 1.41 bits per heavy atom. The lowest BCUT2D eigenvalue weighted by Gasteiger charge is -2.36. The van der Waals surface area contributed by atoms with Gasteiger partial charge in [0.05, 0.1) is 27.3 Å². The van der Waals surface area contributed by atoms with Crippen LogP contribution in [0.4, 0.5) is 0 Å². The summed E-state index contributed by atoms with van der Waals surface area (Å²) in [7, 11) is 4.26. The van der Waals surface area contributed by atoms with Gasteiger partial charge >= 0.3 is 5.97 Å². The topological polar surface area (TPSA) is 35.5 Å². The van der Waals surface area contributed by atoms with Crippen LogP contribution in [0.2, 0.25) is 0 Å². The van der Waals surface area contributed by atoms with Gasteiger partial charge < -0.3 is 14.0 Å². The van der Waals surface area contributed by atoms with E-state index in [0.717, 1.165) is 44.4 Å². The predicted molar refractivity (Wildman–Crippen MR) is 155 cm³/mol. The zero-order valence-electron chi connectivity index (χ0n) is 24.1. The molecule has 0 bridgehead atoms. The number of ether oxygens (including phenoxy) is 2. The second-order valence-electron chi connectivity index (χ2n) is 10.9. The van der Waals surface area contributed by atoms with Crippen molar-refractivity contribution >= 4 is 5.97 Å². The Kier molecular flexibility index (Phi) is 15.0. The summed E-state index contributed by atoms with van der Waals surface area (Å²) in [6.45, 7) is 6.31. The summed E-state index contributed by atoms with van der Waals surface area (Å²) in [6, 6.07) is 18.7. The van der Waals surface area contributed by atoms with E-state index in [2.05, 4.69) is 76.5 Å². The molecule has 1 atom stereocenters. The third-order valence-corrected chi connectivity index (χ3v) is 7.17. The first-order chi connectivity index (χ1) is 18.0. The highest BCUT2D eigenvalue weighted by atomic mass is 16.5. The van der Waals surface area contributed by atoms with Gasteiger partial charge in [0, 0.05) is 12.0 Å². The quantitative estimate of drug-likeness (QED) is 0.102. The maximum Gasteiger partial charge on any atom is 0.364 e. The molecular formula is C33H52NO3+. The molecule has 0 aliphatic heterocycles. The van der Waals surface area contributed by atoms with E-state index in [-0.39, 0.29) is 12.0 Å². The average Bonchev–Trinajstić information content (AvgIpc) is 2.89. The summed E-state index contributed by atoms with van der Waals surface area (Å²) in [5, 5.41) is 0. The molecule has 0 fully saturated rings. The minimum Gasteiger partial charge on any atom is -0.493 e. The molecule has 0 aliphatic rings. The highest BCUT2D eigenvalue weighted by Gasteiger charge is 2.35. The molecule has 0 radical (unpaired) electrons. The van der Waals surface area contributed by atoms with E-state index < -0.39 is 0 Å². The van der Waals surface area contributed by atoms with E-state index >= 15 is 0 Å². The van der Waals surface area contributed by atoms with Crippen LogP contribution >= 0.6 is 0 Å². The van der Waals surface area contributed by atoms with Crippen LogP contribution in [-0.4, -0.2) is 43.8 Å². The van der Waals surface area contributed by atoms with Gasteiger partial charge in [0.2, 0.25) is 0 Å². The molecular weight excluding hydrogens is 458 g/mol. The lowest BCUT2D eigenvalue weighted by atomic mass is 10.0. The first-order valence-electron chi connectivity index (χ1n) is 14.7. The number of esters is 1. The molecule has 0 saturated heterocycles. The fourth-order valence-corrected chi connectivity index (χ4v) is 4.97. The number of nitrogens with zero attached hydrogens (tertiary/aromatic N) is 1. The molecule has 0 amide bonds. The molecule has 0 N–H and O–H groups in total. The van der Waals surface area contributed by atoms with E-state index in [1.807, 2.05) is 6.07 Å². The lowest BCUT2D eigenvalue weighted by molar-refractivity contribution is -0.920. The smallest absolute Gasteiger partial charge is 0.364 e. The Morgan fingerprint density at radius 3 is 2.14 bits per heavy atom. The number of carbonyl (C=O) groups is 1. The van der Waals surface area contributed by atoms with Gasteiger partial charge in [-0.25, -0.2) is 4.79 Å². The van der Waals surface area contributed by atoms with Crippen molar-refractivity contribution in [3.05, 3.63) is 65.7 Å². The summed E-state index contributed by atoms with van der Waals surface area (Å²) in [6.07, 6.45) is 13.8. The number of carbonyl (C=O) groups excluding carboxylic acids is 1. The Bertz CT molecular complexity index is 865. The fraction of sp³-hybridized carbons (Fsp3) is 0.606. The highest BCUT2D eigenvalue weighted by molar-refractivity contribution is 5.74. The minimum absolute atomic E-state index is 0.0799. The van der Waals surface area contributed by atoms with Gasteiger partial charge in [-0.2, -0.15) is 0 Å². The van der Waals surface area contributed by atoms with Gasteiger partial charge in [-0.3, -0.25) is 0 Å². The van der Waals surface area contributed by atoms with Gasteiger partial charge in [-0.15, -0.1) is 0 Å². The van der Waals surface area contributed by atoms with Crippen LogP contribution in [0.25, 0.3) is 0 Å². The van der Waals surface area contributed by atoms with Crippen LogP contribution in [0.5, 0.6) is 5.75 Å². The summed E-state index contributed by atoms with van der Waals surface area (Å²) in [5.74, 6) is 0.928. The number of benzene rings is 2. The molecule has 2 aromatic rings. The van der Waals surface area contributed by atoms with Crippen molar-refractivity contribution in [3.63, 3.8) is 0 Å². The second-order valence-corrected chi connectivity index (χ2v) is 10.9. The molecule has 206 valence electrons. The third-order valence-electron chi connectivity index (χ3n) is 7.17. The Hall–Kier alpha value is -2.33. The van der Waals surface area contributed by atoms with Crippen LogP contribution in [0.3, 0.4) is 0 Å². The van der Waals surface area contributed by atoms with Gasteiger partial charge in [-0.1, -0.05) is 101 Å². The van der Waals surface area contributed by atoms with Crippen molar-refractivity contribution in [2.75, 3.05) is 27.3 Å². The third kappa shape index (κ3) is 12.2. The maximum absolute atomic E-state index is 13.0. The first-order valence-corrected chi connectivity index (χ1v) is 14.7. The number of hydrogen-bond donors (Lipinski definition) is 0. The van der Waals surface area contributed by atoms with E-state index in [4.69, 9.17) is 9.47 Å². The molecule has 0 spiro atoms. The van der Waals surface area contributed by atoms with E-state index in [0.29, 0.717) is 17.7 Å². The van der Waals surface area contributed by atoms with Gasteiger partial charge in [0.1, 0.15) is 12.3 Å². The zero-order chi connectivity index (χ0) is 26.8. The number of unbranched alkanes of at least 4 members (excludes halogenated alkanes) is 7. The second kappa shape index (κ2) is 18.0. The number of quaternary nitrogens is 1. The predicted octanol–water partition coefficient (Wildman–Crippen LogP) is 8.13. The maximum atomic E-state index is 13.0. The Balaban J connectivity index is 1.69. The summed E-state index contributed by atoms with van der Waals surface area (Å²) < 4.78 is 12.5. The summed E-state index contributed by atoms with van der Waals surface area (Å²) >= 11 is 0. The van der Waals surface area contributed by atoms with E-state index in [1.165, 1.54) is 56.1 Å². The van der Waals surface area contributed by atoms with Crippen molar-refractivity contribution in [1.82, 2.24) is 0 Å². The van der Waals surface area contributed by atoms with Crippen LogP contribution in [0.1, 0.15) is 95.6 Å². The normalized spacial score (nSPS) is 12.3. The van der Waals surface area contributed by atoms with Crippen molar-refractivity contribution in [2.24, 2.45) is 0 Å². The van der Waals surface area contributed by atoms with Crippen molar-refractivity contribution in [2.45, 2.75) is 103 Å². The summed E-state index contributed by atoms with van der Waals surface area (Å²) in [5.41, 5.74) is 2.55. The number of rotatable bonds is 20. The van der Waals surface area contributed by atoms with E-state index in [9.17, 15) is 4.79 Å². The minimum atomic E-state index is -0.153.